The number of ether oxygens (including phenoxy) is 1. The highest BCUT2D eigenvalue weighted by Gasteiger charge is 2.40. The first-order valence-corrected chi connectivity index (χ1v) is 13.4. The molecular weight excluding hydrogens is 674 g/mol. The van der Waals surface area contributed by atoms with Crippen LogP contribution in [0.3, 0.4) is 0 Å². The fourth-order valence-electron chi connectivity index (χ4n) is 4.52. The van der Waals surface area contributed by atoms with Gasteiger partial charge in [-0.05, 0) is 53.6 Å². The second kappa shape index (κ2) is 13.2. The summed E-state index contributed by atoms with van der Waals surface area (Å²) in [5.41, 5.74) is -8.66. The van der Waals surface area contributed by atoms with Gasteiger partial charge >= 0.3 is 30.7 Å². The number of carbonyl (C=O) groups is 2. The van der Waals surface area contributed by atoms with Gasteiger partial charge in [0.2, 0.25) is 6.10 Å². The molecule has 0 aliphatic heterocycles. The number of nitrogens with one attached hydrogen (secondary N) is 1. The molecule has 0 heterocycles. The topological polar surface area (TPSA) is 55.4 Å². The van der Waals surface area contributed by atoms with Gasteiger partial charge in [-0.3, -0.25) is 9.59 Å². The number of esters is 1. The molecule has 0 fully saturated rings. The Labute approximate surface area is 262 Å². The van der Waals surface area contributed by atoms with E-state index in [1.807, 2.05) is 0 Å². The Balaban J connectivity index is 1.79. The van der Waals surface area contributed by atoms with E-state index in [1.165, 1.54) is 18.2 Å². The predicted octanol–water partition coefficient (Wildman–Crippen LogP) is 9.89. The molecule has 0 radical (unpaired) electrons. The minimum absolute atomic E-state index is 0.0366. The van der Waals surface area contributed by atoms with Gasteiger partial charge in [-0.2, -0.15) is 52.7 Å². The lowest BCUT2D eigenvalue weighted by molar-refractivity contribution is -0.154. The first-order valence-electron chi connectivity index (χ1n) is 13.4. The number of amides is 1. The summed E-state index contributed by atoms with van der Waals surface area (Å²) in [6.45, 7) is 0. The van der Waals surface area contributed by atoms with E-state index < -0.39 is 82.5 Å². The zero-order valence-corrected chi connectivity index (χ0v) is 23.7. The van der Waals surface area contributed by atoms with Crippen LogP contribution in [-0.4, -0.2) is 11.9 Å². The van der Waals surface area contributed by atoms with Crippen molar-refractivity contribution in [2.24, 2.45) is 0 Å². The Morgan fingerprint density at radius 3 is 1.50 bits per heavy atom. The average Bonchev–Trinajstić information content (AvgIpc) is 2.98. The van der Waals surface area contributed by atoms with E-state index in [4.69, 9.17) is 4.74 Å². The highest BCUT2D eigenvalue weighted by molar-refractivity contribution is 5.99. The molecule has 16 heteroatoms. The molecule has 48 heavy (non-hydrogen) atoms. The van der Waals surface area contributed by atoms with Gasteiger partial charge in [0.15, 0.2) is 0 Å². The molecule has 0 aromatic heterocycles. The van der Waals surface area contributed by atoms with Gasteiger partial charge in [0.1, 0.15) is 0 Å². The average molecular weight is 693 g/mol. The summed E-state index contributed by atoms with van der Waals surface area (Å²) in [5.74, 6) is -3.23. The van der Waals surface area contributed by atoms with E-state index >= 15 is 0 Å². The molecule has 1 unspecified atom stereocenters. The molecule has 4 nitrogen and oxygen atoms in total. The summed E-state index contributed by atoms with van der Waals surface area (Å²) in [5, 5.41) is 2.28. The molecular formula is C32H19F12NO3. The lowest BCUT2D eigenvalue weighted by Gasteiger charge is -2.22. The summed E-state index contributed by atoms with van der Waals surface area (Å²) in [6, 6.07) is 14.0. The van der Waals surface area contributed by atoms with Gasteiger partial charge < -0.3 is 10.1 Å². The number of hydrogen-bond acceptors (Lipinski definition) is 3. The second-order valence-corrected chi connectivity index (χ2v) is 10.2. The summed E-state index contributed by atoms with van der Waals surface area (Å²) in [7, 11) is 0. The first-order chi connectivity index (χ1) is 22.1. The van der Waals surface area contributed by atoms with Crippen LogP contribution in [0.25, 0.3) is 11.1 Å². The third-order valence-electron chi connectivity index (χ3n) is 6.67. The zero-order chi connectivity index (χ0) is 35.7. The normalized spacial score (nSPS) is 13.2. The molecule has 0 spiro atoms. The molecule has 4 aromatic rings. The molecule has 4 rings (SSSR count). The number of alkyl halides is 12. The fraction of sp³-hybridized carbons (Fsp3) is 0.188. The predicted molar refractivity (Wildman–Crippen MR) is 146 cm³/mol. The number of benzene rings is 4. The van der Waals surface area contributed by atoms with Gasteiger partial charge in [-0.1, -0.05) is 48.5 Å². The van der Waals surface area contributed by atoms with E-state index in [0.717, 1.165) is 0 Å². The van der Waals surface area contributed by atoms with Gasteiger partial charge in [0.05, 0.1) is 28.7 Å². The largest absolute Gasteiger partial charge is 0.447 e. The zero-order valence-electron chi connectivity index (χ0n) is 23.7. The van der Waals surface area contributed by atoms with Gasteiger partial charge in [0.25, 0.3) is 5.91 Å². The molecule has 1 N–H and O–H groups in total. The van der Waals surface area contributed by atoms with Crippen molar-refractivity contribution in [2.75, 3.05) is 5.32 Å². The standard InChI is InChI=1S/C32H19F12NO3/c33-29(34,35)20-10-17(11-21(15-20)30(36,37)38)12-26(46)48-27(19-13-22(31(39,40)41)16-23(14-19)32(42,43)44)28(47)45-25-9-5-4-8-24(25)18-6-2-1-3-7-18/h1-11,13-16,27H,12H2,(H,45,47). The molecule has 0 aliphatic carbocycles. The Bertz CT molecular complexity index is 1730. The lowest BCUT2D eigenvalue weighted by atomic mass is 9.99. The van der Waals surface area contributed by atoms with Crippen LogP contribution >= 0.6 is 0 Å². The van der Waals surface area contributed by atoms with E-state index in [-0.39, 0.29) is 42.1 Å². The van der Waals surface area contributed by atoms with Crippen molar-refractivity contribution in [2.45, 2.75) is 37.2 Å². The molecule has 1 amide bonds. The molecule has 0 saturated carbocycles. The van der Waals surface area contributed by atoms with E-state index in [2.05, 4.69) is 5.32 Å². The molecule has 0 bridgehead atoms. The Morgan fingerprint density at radius 2 is 1.02 bits per heavy atom. The number of hydrogen-bond donors (Lipinski definition) is 1. The third-order valence-corrected chi connectivity index (χ3v) is 6.67. The van der Waals surface area contributed by atoms with Crippen molar-refractivity contribution in [1.82, 2.24) is 0 Å². The van der Waals surface area contributed by atoms with Crippen molar-refractivity contribution in [3.05, 3.63) is 124 Å². The molecule has 0 aliphatic rings. The molecule has 0 saturated heterocycles. The number of para-hydroxylation sites is 1. The third kappa shape index (κ3) is 8.86. The monoisotopic (exact) mass is 693 g/mol. The summed E-state index contributed by atoms with van der Waals surface area (Å²) >= 11 is 0. The second-order valence-electron chi connectivity index (χ2n) is 10.2. The smallest absolute Gasteiger partial charge is 0.416 e. The Kier molecular flexibility index (Phi) is 9.88. The van der Waals surface area contributed by atoms with Crippen molar-refractivity contribution in [3.63, 3.8) is 0 Å². The van der Waals surface area contributed by atoms with E-state index in [0.29, 0.717) is 11.1 Å². The van der Waals surface area contributed by atoms with Crippen LogP contribution in [0.1, 0.15) is 39.5 Å². The minimum Gasteiger partial charge on any atom is -0.447 e. The highest BCUT2D eigenvalue weighted by atomic mass is 19.4. The summed E-state index contributed by atoms with van der Waals surface area (Å²) in [4.78, 5) is 26.4. The van der Waals surface area contributed by atoms with Gasteiger partial charge in [-0.15, -0.1) is 0 Å². The number of rotatable bonds is 7. The maximum atomic E-state index is 13.6. The molecule has 1 atom stereocenters. The molecule has 254 valence electrons. The summed E-state index contributed by atoms with van der Waals surface area (Å²) in [6.07, 6.45) is -25.4. The Morgan fingerprint density at radius 1 is 0.583 bits per heavy atom. The maximum absolute atomic E-state index is 13.6. The van der Waals surface area contributed by atoms with Gasteiger partial charge in [-0.25, -0.2) is 0 Å². The highest BCUT2D eigenvalue weighted by Crippen LogP contribution is 2.40. The van der Waals surface area contributed by atoms with Crippen LogP contribution in [0.2, 0.25) is 0 Å². The summed E-state index contributed by atoms with van der Waals surface area (Å²) < 4.78 is 167. The van der Waals surface area contributed by atoms with Crippen molar-refractivity contribution >= 4 is 17.6 Å². The van der Waals surface area contributed by atoms with Crippen LogP contribution in [0.4, 0.5) is 58.4 Å². The van der Waals surface area contributed by atoms with Gasteiger partial charge in [0, 0.05) is 16.8 Å². The van der Waals surface area contributed by atoms with Crippen molar-refractivity contribution < 1.29 is 67.0 Å². The number of anilines is 1. The van der Waals surface area contributed by atoms with Crippen LogP contribution in [0, 0.1) is 0 Å². The van der Waals surface area contributed by atoms with Crippen molar-refractivity contribution in [3.8, 4) is 11.1 Å². The minimum atomic E-state index is -5.40. The van der Waals surface area contributed by atoms with Crippen LogP contribution in [0.15, 0.2) is 91.0 Å². The Hall–Kier alpha value is -5.02. The molecule has 4 aromatic carbocycles. The van der Waals surface area contributed by atoms with E-state index in [1.54, 1.807) is 36.4 Å². The first kappa shape index (κ1) is 35.8. The lowest BCUT2D eigenvalue weighted by Crippen LogP contribution is -2.27. The fourth-order valence-corrected chi connectivity index (χ4v) is 4.52. The van der Waals surface area contributed by atoms with Crippen LogP contribution in [-0.2, 0) is 45.5 Å². The quantitative estimate of drug-likeness (QED) is 0.155. The van der Waals surface area contributed by atoms with Crippen molar-refractivity contribution in [1.29, 1.82) is 0 Å². The number of halogens is 12. The SMILES string of the molecule is O=C(Cc1cc(C(F)(F)F)cc(C(F)(F)F)c1)OC(C(=O)Nc1ccccc1-c1ccccc1)c1cc(C(F)(F)F)cc(C(F)(F)F)c1. The van der Waals surface area contributed by atoms with E-state index in [9.17, 15) is 62.3 Å². The van der Waals surface area contributed by atoms with Crippen LogP contribution in [0.5, 0.6) is 0 Å². The van der Waals surface area contributed by atoms with Crippen LogP contribution < -0.4 is 5.32 Å². The maximum Gasteiger partial charge on any atom is 0.416 e. The number of carbonyl (C=O) groups excluding carboxylic acids is 2.